The largest absolute Gasteiger partial charge is 0.0776 e. The van der Waals surface area contributed by atoms with E-state index >= 15 is 0 Å². The summed E-state index contributed by atoms with van der Waals surface area (Å²) in [6.07, 6.45) is 35.2. The van der Waals surface area contributed by atoms with E-state index < -0.39 is 0 Å². The van der Waals surface area contributed by atoms with Crippen molar-refractivity contribution in [1.82, 2.24) is 0 Å². The normalized spacial score (nSPS) is 6.86. The first-order valence-electron chi connectivity index (χ1n) is 24.1. The van der Waals surface area contributed by atoms with Gasteiger partial charge in [0.15, 0.2) is 0 Å². The van der Waals surface area contributed by atoms with Gasteiger partial charge >= 0.3 is 0 Å². The van der Waals surface area contributed by atoms with E-state index in [0.29, 0.717) is 0 Å². The number of rotatable bonds is 16. The Kier molecular flexibility index (Phi) is 497. The lowest BCUT2D eigenvalue weighted by Crippen LogP contribution is -1.70. The third-order valence-electron chi connectivity index (χ3n) is 5.49. The minimum absolute atomic E-state index is 0. The van der Waals surface area contributed by atoms with Crippen molar-refractivity contribution >= 4 is 0 Å². The highest BCUT2D eigenvalue weighted by Crippen LogP contribution is 2.00. The zero-order chi connectivity index (χ0) is 42.4. The van der Waals surface area contributed by atoms with Crippen LogP contribution in [-0.4, -0.2) is 0 Å². The molecule has 0 rings (SSSR count). The van der Waals surface area contributed by atoms with Crippen LogP contribution in [0.15, 0.2) is 0 Å². The molecule has 0 atom stereocenters. The zero-order valence-corrected chi connectivity index (χ0v) is 42.4. The molecule has 0 saturated heterocycles. The lowest BCUT2D eigenvalue weighted by atomic mass is 10.2. The third kappa shape index (κ3) is 593. The number of unbranched alkanes of at least 4 members (excludes halogenated alkanes) is 16. The van der Waals surface area contributed by atoms with Crippen molar-refractivity contribution in [1.29, 1.82) is 0 Å². The van der Waals surface area contributed by atoms with E-state index in [2.05, 4.69) is 138 Å². The van der Waals surface area contributed by atoms with Crippen LogP contribution in [0.2, 0.25) is 0 Å². The molecule has 0 unspecified atom stereocenters. The molecular formula is C56H148. The van der Waals surface area contributed by atoms with Crippen LogP contribution in [0.3, 0.4) is 0 Å². The van der Waals surface area contributed by atoms with E-state index in [9.17, 15) is 0 Å². The summed E-state index contributed by atoms with van der Waals surface area (Å²) >= 11 is 0. The molecule has 0 aliphatic heterocycles. The van der Waals surface area contributed by atoms with Crippen molar-refractivity contribution in [2.24, 2.45) is 0 Å². The van der Waals surface area contributed by atoms with Gasteiger partial charge in [0.1, 0.15) is 0 Å². The van der Waals surface area contributed by atoms with Gasteiger partial charge < -0.3 is 0 Å². The highest BCUT2D eigenvalue weighted by Gasteiger charge is 1.80. The van der Waals surface area contributed by atoms with Crippen LogP contribution in [0.5, 0.6) is 0 Å². The molecule has 0 radical (unpaired) electrons. The summed E-state index contributed by atoms with van der Waals surface area (Å²) in [5.41, 5.74) is 0. The maximum atomic E-state index is 2.25. The quantitative estimate of drug-likeness (QED) is 0.136. The Morgan fingerprint density at radius 2 is 0.232 bits per heavy atom. The van der Waals surface area contributed by atoms with Crippen LogP contribution in [0, 0.1) is 0 Å². The molecule has 0 spiro atoms. The van der Waals surface area contributed by atoms with Crippen LogP contribution >= 0.6 is 0 Å². The average molecular weight is 822 g/mol. The fourth-order valence-corrected chi connectivity index (χ4v) is 2.59. The monoisotopic (exact) mass is 821 g/mol. The molecule has 0 bridgehead atoms. The Morgan fingerprint density at radius 1 is 0.143 bits per heavy atom. The van der Waals surface area contributed by atoms with Crippen LogP contribution < -0.4 is 0 Å². The molecule has 0 aliphatic carbocycles. The number of hydrogen-bond donors (Lipinski definition) is 0. The van der Waals surface area contributed by atoms with Gasteiger partial charge in [0.25, 0.3) is 0 Å². The number of hydrogen-bond acceptors (Lipinski definition) is 0. The molecule has 0 heterocycles. The maximum Gasteiger partial charge on any atom is -0.0533 e. The molecule has 56 heavy (non-hydrogen) atoms. The van der Waals surface area contributed by atoms with E-state index in [4.69, 9.17) is 0 Å². The fourth-order valence-electron chi connectivity index (χ4n) is 2.59. The summed E-state index contributed by atoms with van der Waals surface area (Å²) in [5, 5.41) is 0. The first-order valence-corrected chi connectivity index (χ1v) is 24.1. The van der Waals surface area contributed by atoms with Crippen LogP contribution in [0.4, 0.5) is 0 Å². The smallest absolute Gasteiger partial charge is 0.0533 e. The van der Waals surface area contributed by atoms with Crippen molar-refractivity contribution in [2.75, 3.05) is 0 Å². The Balaban J connectivity index is -0.0000000177. The standard InChI is InChI=1S/C7H16.C6H14.4C5H12.C4H10.3C3H8.2C2H6.6CH4/c1-3-5-7-6-4-2;1-3-5-6-4-2;4*1-3-5-4-2;1-3-4-2;3*1-3-2;2*1-2;;;;;;/h3-7H2,1-2H3;3-6H2,1-2H3;4*3-5H2,1-2H3;3-4H2,1-2H3;3*3H2,1-2H3;2*1-2H3;6*1H4. The topological polar surface area (TPSA) is 0 Å². The molecule has 0 aromatic heterocycles. The Labute approximate surface area is 376 Å². The second kappa shape index (κ2) is 237. The van der Waals surface area contributed by atoms with Crippen molar-refractivity contribution in [2.45, 2.75) is 378 Å². The molecule has 0 N–H and O–H groups in total. The van der Waals surface area contributed by atoms with Crippen molar-refractivity contribution < 1.29 is 0 Å². The first kappa shape index (κ1) is 117. The molecule has 0 nitrogen and oxygen atoms in total. The second-order valence-electron chi connectivity index (χ2n) is 12.3. The Bertz CT molecular complexity index is 198. The lowest BCUT2D eigenvalue weighted by Gasteiger charge is -1.90. The van der Waals surface area contributed by atoms with E-state index in [0.717, 1.165) is 0 Å². The average Bonchev–Trinajstić information content (AvgIpc) is 3.13. The highest BCUT2D eigenvalue weighted by molar-refractivity contribution is 4.36. The van der Waals surface area contributed by atoms with Gasteiger partial charge in [0, 0.05) is 0 Å². The van der Waals surface area contributed by atoms with Gasteiger partial charge in [-0.1, -0.05) is 378 Å². The predicted octanol–water partition coefficient (Wildman–Crippen LogP) is 26.3. The summed E-state index contributed by atoms with van der Waals surface area (Å²) in [7, 11) is 0. The van der Waals surface area contributed by atoms with Crippen LogP contribution in [0.25, 0.3) is 0 Å². The summed E-state index contributed by atoms with van der Waals surface area (Å²) in [5.74, 6) is 0. The van der Waals surface area contributed by atoms with Crippen molar-refractivity contribution in [3.8, 4) is 0 Å². The van der Waals surface area contributed by atoms with Gasteiger partial charge in [-0.3, -0.25) is 0 Å². The molecule has 372 valence electrons. The Morgan fingerprint density at radius 3 is 0.286 bits per heavy atom. The van der Waals surface area contributed by atoms with Gasteiger partial charge in [-0.15, -0.1) is 0 Å². The zero-order valence-electron chi connectivity index (χ0n) is 42.4. The van der Waals surface area contributed by atoms with Gasteiger partial charge in [0.2, 0.25) is 0 Å². The van der Waals surface area contributed by atoms with E-state index in [-0.39, 0.29) is 44.6 Å². The minimum atomic E-state index is 0. The summed E-state index contributed by atoms with van der Waals surface area (Å²) in [4.78, 5) is 0. The van der Waals surface area contributed by atoms with Crippen molar-refractivity contribution in [3.63, 3.8) is 0 Å². The summed E-state index contributed by atoms with van der Waals surface area (Å²) in [6, 6.07) is 0. The van der Waals surface area contributed by atoms with E-state index in [1.165, 1.54) is 167 Å². The van der Waals surface area contributed by atoms with E-state index in [1.54, 1.807) is 0 Å². The molecule has 0 heteroatoms. The molecule has 0 aromatic rings. The van der Waals surface area contributed by atoms with Gasteiger partial charge in [-0.05, 0) is 0 Å². The van der Waals surface area contributed by atoms with Crippen molar-refractivity contribution in [3.05, 3.63) is 0 Å². The summed E-state index contributed by atoms with van der Waals surface area (Å²) < 4.78 is 0. The molecule has 0 aliphatic rings. The third-order valence-corrected chi connectivity index (χ3v) is 5.49. The molecule has 0 amide bonds. The van der Waals surface area contributed by atoms with Crippen LogP contribution in [0.1, 0.15) is 378 Å². The lowest BCUT2D eigenvalue weighted by molar-refractivity contribution is 0.656. The van der Waals surface area contributed by atoms with E-state index in [1.807, 2.05) is 27.7 Å². The highest BCUT2D eigenvalue weighted by atomic mass is 13.9. The SMILES string of the molecule is C.C.C.C.C.C.CC.CC.CCC.CCC.CCC.CCCC.CCCCC.CCCCC.CCCCC.CCCCC.CCCCCC.CCCCCCC. The predicted molar refractivity (Wildman–Crippen MR) is 297 cm³/mol. The molecule has 0 saturated carbocycles. The molecular weight excluding hydrogens is 673 g/mol. The molecule has 0 aromatic carbocycles. The summed E-state index contributed by atoms with van der Waals surface area (Å²) in [6.45, 7) is 51.8. The van der Waals surface area contributed by atoms with Gasteiger partial charge in [-0.2, -0.15) is 0 Å². The first-order chi connectivity index (χ1) is 24.1. The Hall–Kier alpha value is 0. The van der Waals surface area contributed by atoms with Crippen LogP contribution in [-0.2, 0) is 0 Å². The van der Waals surface area contributed by atoms with Gasteiger partial charge in [0.05, 0.1) is 0 Å². The maximum absolute atomic E-state index is 2.25. The van der Waals surface area contributed by atoms with Gasteiger partial charge in [-0.25, -0.2) is 0 Å². The second-order valence-corrected chi connectivity index (χ2v) is 12.3. The minimum Gasteiger partial charge on any atom is -0.0776 e. The molecule has 0 fully saturated rings. The fraction of sp³-hybridized carbons (Fsp3) is 1.00.